The predicted molar refractivity (Wildman–Crippen MR) is 100 cm³/mol. The Morgan fingerprint density at radius 1 is 1.31 bits per heavy atom. The second-order valence-electron chi connectivity index (χ2n) is 6.68. The molecular weight excluding hydrogens is 374 g/mol. The first-order chi connectivity index (χ1) is 12.3. The molecule has 2 N–H and O–H groups in total. The van der Waals surface area contributed by atoms with Gasteiger partial charge < -0.3 is 10.4 Å². The minimum Gasteiger partial charge on any atom is -0.508 e. The van der Waals surface area contributed by atoms with Gasteiger partial charge in [0.15, 0.2) is 9.84 Å². The maximum atomic E-state index is 12.2. The Balaban J connectivity index is 1.81. The minimum atomic E-state index is -3.06. The summed E-state index contributed by atoms with van der Waals surface area (Å²) in [6.07, 6.45) is 0.503. The van der Waals surface area contributed by atoms with E-state index in [9.17, 15) is 18.3 Å². The summed E-state index contributed by atoms with van der Waals surface area (Å²) in [7, 11) is -3.06. The van der Waals surface area contributed by atoms with Crippen LogP contribution in [-0.2, 0) is 14.6 Å². The first-order valence-electron chi connectivity index (χ1n) is 8.34. The van der Waals surface area contributed by atoms with E-state index in [1.54, 1.807) is 16.8 Å². The molecule has 2 atom stereocenters. The molecular formula is C17H19N3O4S2. The van der Waals surface area contributed by atoms with Gasteiger partial charge in [0.1, 0.15) is 11.6 Å². The molecule has 9 heteroatoms. The van der Waals surface area contributed by atoms with E-state index in [-0.39, 0.29) is 34.5 Å². The zero-order chi connectivity index (χ0) is 18.5. The largest absolute Gasteiger partial charge is 0.508 e. The Morgan fingerprint density at radius 2 is 2.04 bits per heavy atom. The zero-order valence-corrected chi connectivity index (χ0v) is 15.8. The van der Waals surface area contributed by atoms with Crippen molar-refractivity contribution >= 4 is 33.3 Å². The maximum Gasteiger partial charge on any atom is 0.235 e. The Bertz CT molecular complexity index is 967. The number of carbonyl (C=O) groups is 1. The quantitative estimate of drug-likeness (QED) is 0.810. The Labute approximate surface area is 155 Å². The Hall–Kier alpha value is -2.00. The molecule has 1 aromatic carbocycles. The van der Waals surface area contributed by atoms with Gasteiger partial charge in [-0.05, 0) is 31.0 Å². The van der Waals surface area contributed by atoms with Crippen molar-refractivity contribution in [3.05, 3.63) is 41.1 Å². The van der Waals surface area contributed by atoms with Crippen LogP contribution < -0.4 is 5.32 Å². The summed E-state index contributed by atoms with van der Waals surface area (Å²) in [4.78, 5) is 12.2. The van der Waals surface area contributed by atoms with Crippen LogP contribution in [0.3, 0.4) is 0 Å². The summed E-state index contributed by atoms with van der Waals surface area (Å²) >= 11 is 1.50. The molecule has 138 valence electrons. The number of hydrogen-bond donors (Lipinski definition) is 2. The minimum absolute atomic E-state index is 0.0491. The number of thioether (sulfide) groups is 1. The fraction of sp³-hybridized carbons (Fsp3) is 0.412. The number of sulfone groups is 1. The second kappa shape index (κ2) is 6.31. The van der Waals surface area contributed by atoms with E-state index in [4.69, 9.17) is 0 Å². The van der Waals surface area contributed by atoms with Crippen molar-refractivity contribution in [2.45, 2.75) is 24.6 Å². The van der Waals surface area contributed by atoms with Gasteiger partial charge in [-0.25, -0.2) is 13.1 Å². The first kappa shape index (κ1) is 17.4. The van der Waals surface area contributed by atoms with Gasteiger partial charge in [0.25, 0.3) is 0 Å². The van der Waals surface area contributed by atoms with Crippen LogP contribution >= 0.6 is 11.8 Å². The molecule has 26 heavy (non-hydrogen) atoms. The Kier molecular flexibility index (Phi) is 4.23. The lowest BCUT2D eigenvalue weighted by Gasteiger charge is -2.16. The van der Waals surface area contributed by atoms with Gasteiger partial charge in [-0.1, -0.05) is 12.1 Å². The predicted octanol–water partition coefficient (Wildman–Crippen LogP) is 2.03. The van der Waals surface area contributed by atoms with E-state index in [0.29, 0.717) is 18.0 Å². The van der Waals surface area contributed by atoms with Crippen molar-refractivity contribution < 1.29 is 18.3 Å². The van der Waals surface area contributed by atoms with E-state index >= 15 is 0 Å². The van der Waals surface area contributed by atoms with Crippen LogP contribution in [0.25, 0.3) is 0 Å². The molecule has 1 aromatic heterocycles. The standard InChI is InChI=1S/C17H19N3O4S2/c1-10-15-16(11-2-4-13(21)5-3-11)25-8-14(22)18-17(15)20(19-10)12-6-7-26(23,24)9-12/h2-5,12,16,21H,6-9H2,1H3,(H,18,22)/t12-,16-/m0/s1. The molecule has 2 aliphatic heterocycles. The number of benzene rings is 1. The molecule has 1 saturated heterocycles. The number of aromatic nitrogens is 2. The SMILES string of the molecule is Cc1nn([C@H]2CCS(=O)(=O)C2)c2c1[C@H](c1ccc(O)cc1)SCC(=O)N2. The third-order valence-corrected chi connectivity index (χ3v) is 7.80. The van der Waals surface area contributed by atoms with E-state index in [2.05, 4.69) is 10.4 Å². The molecule has 4 rings (SSSR count). The molecule has 0 unspecified atom stereocenters. The molecule has 2 aliphatic rings. The number of rotatable bonds is 2. The number of fused-ring (bicyclic) bond motifs is 1. The highest BCUT2D eigenvalue weighted by Gasteiger charge is 2.36. The fourth-order valence-electron chi connectivity index (χ4n) is 3.55. The second-order valence-corrected chi connectivity index (χ2v) is 10.0. The summed E-state index contributed by atoms with van der Waals surface area (Å²) in [5, 5.41) is 16.9. The van der Waals surface area contributed by atoms with E-state index < -0.39 is 9.84 Å². The van der Waals surface area contributed by atoms with Crippen molar-refractivity contribution in [3.63, 3.8) is 0 Å². The van der Waals surface area contributed by atoms with Crippen LogP contribution in [0.15, 0.2) is 24.3 Å². The van der Waals surface area contributed by atoms with Crippen molar-refractivity contribution in [2.75, 3.05) is 22.6 Å². The molecule has 0 radical (unpaired) electrons. The summed E-state index contributed by atoms with van der Waals surface area (Å²) in [5.41, 5.74) is 2.64. The van der Waals surface area contributed by atoms with Gasteiger partial charge in [0.05, 0.1) is 34.2 Å². The number of aryl methyl sites for hydroxylation is 1. The third kappa shape index (κ3) is 3.09. The van der Waals surface area contributed by atoms with Gasteiger partial charge in [0.2, 0.25) is 5.91 Å². The number of aromatic hydroxyl groups is 1. The molecule has 1 fully saturated rings. The number of amides is 1. The summed E-state index contributed by atoms with van der Waals surface area (Å²) < 4.78 is 25.5. The van der Waals surface area contributed by atoms with Crippen LogP contribution in [0.5, 0.6) is 5.75 Å². The molecule has 0 saturated carbocycles. The highest BCUT2D eigenvalue weighted by molar-refractivity contribution is 8.00. The van der Waals surface area contributed by atoms with Crippen molar-refractivity contribution in [2.24, 2.45) is 0 Å². The average Bonchev–Trinajstić information content (AvgIpc) is 3.03. The average molecular weight is 393 g/mol. The van der Waals surface area contributed by atoms with Gasteiger partial charge in [-0.2, -0.15) is 5.10 Å². The number of anilines is 1. The van der Waals surface area contributed by atoms with E-state index in [0.717, 1.165) is 16.8 Å². The maximum absolute atomic E-state index is 12.2. The molecule has 2 aromatic rings. The van der Waals surface area contributed by atoms with Gasteiger partial charge in [-0.15, -0.1) is 11.8 Å². The van der Waals surface area contributed by atoms with E-state index in [1.807, 2.05) is 19.1 Å². The van der Waals surface area contributed by atoms with Crippen LogP contribution in [0.1, 0.15) is 34.5 Å². The molecule has 0 bridgehead atoms. The Morgan fingerprint density at radius 3 is 2.69 bits per heavy atom. The molecule has 0 aliphatic carbocycles. The third-order valence-electron chi connectivity index (χ3n) is 4.78. The number of nitrogens with zero attached hydrogens (tertiary/aromatic N) is 2. The van der Waals surface area contributed by atoms with Gasteiger partial charge in [-0.3, -0.25) is 4.79 Å². The van der Waals surface area contributed by atoms with Crippen LogP contribution in [0, 0.1) is 6.92 Å². The monoisotopic (exact) mass is 393 g/mol. The molecule has 3 heterocycles. The smallest absolute Gasteiger partial charge is 0.235 e. The number of phenols is 1. The van der Waals surface area contributed by atoms with Crippen LogP contribution in [-0.4, -0.2) is 46.5 Å². The number of hydrogen-bond acceptors (Lipinski definition) is 6. The normalized spacial score (nSPS) is 24.7. The van der Waals surface area contributed by atoms with Gasteiger partial charge >= 0.3 is 0 Å². The lowest BCUT2D eigenvalue weighted by molar-refractivity contribution is -0.113. The highest BCUT2D eigenvalue weighted by Crippen LogP contribution is 2.44. The van der Waals surface area contributed by atoms with Crippen LogP contribution in [0.2, 0.25) is 0 Å². The zero-order valence-electron chi connectivity index (χ0n) is 14.2. The van der Waals surface area contributed by atoms with Gasteiger partial charge in [0, 0.05) is 5.56 Å². The topological polar surface area (TPSA) is 101 Å². The fourth-order valence-corrected chi connectivity index (χ4v) is 6.43. The van der Waals surface area contributed by atoms with Crippen molar-refractivity contribution in [1.82, 2.24) is 9.78 Å². The number of phenolic OH excluding ortho intramolecular Hbond substituents is 1. The summed E-state index contributed by atoms with van der Waals surface area (Å²) in [5.74, 6) is 1.15. The lowest BCUT2D eigenvalue weighted by atomic mass is 10.0. The molecule has 0 spiro atoms. The number of carbonyl (C=O) groups excluding carboxylic acids is 1. The van der Waals surface area contributed by atoms with Crippen molar-refractivity contribution in [3.8, 4) is 5.75 Å². The van der Waals surface area contributed by atoms with E-state index in [1.165, 1.54) is 11.8 Å². The first-order valence-corrected chi connectivity index (χ1v) is 11.2. The lowest BCUT2D eigenvalue weighted by Crippen LogP contribution is -2.20. The summed E-state index contributed by atoms with van der Waals surface area (Å²) in [6.45, 7) is 1.88. The molecule has 1 amide bonds. The van der Waals surface area contributed by atoms with Crippen molar-refractivity contribution in [1.29, 1.82) is 0 Å². The molecule has 7 nitrogen and oxygen atoms in total. The van der Waals surface area contributed by atoms with Crippen LogP contribution in [0.4, 0.5) is 5.82 Å². The number of nitrogens with one attached hydrogen (secondary N) is 1. The highest BCUT2D eigenvalue weighted by atomic mass is 32.2. The summed E-state index contributed by atoms with van der Waals surface area (Å²) in [6, 6.07) is 6.66.